The summed E-state index contributed by atoms with van der Waals surface area (Å²) in [6, 6.07) is 24.5. The van der Waals surface area contributed by atoms with Gasteiger partial charge in [0.1, 0.15) is 11.0 Å². The fraction of sp³-hybridized carbons (Fsp3) is 0.0526. The zero-order chi connectivity index (χ0) is 16.1. The van der Waals surface area contributed by atoms with E-state index in [1.54, 1.807) is 18.2 Å². The number of nitrogens with zero attached hydrogens (tertiary/aromatic N) is 1. The van der Waals surface area contributed by atoms with E-state index in [0.29, 0.717) is 11.0 Å². The summed E-state index contributed by atoms with van der Waals surface area (Å²) in [5.74, 6) is -0.102. The van der Waals surface area contributed by atoms with E-state index < -0.39 is 5.92 Å². The summed E-state index contributed by atoms with van der Waals surface area (Å²) in [5.41, 5.74) is 1.86. The fourth-order valence-electron chi connectivity index (χ4n) is 2.46. The molecule has 0 unspecified atom stereocenters. The van der Waals surface area contributed by atoms with Crippen LogP contribution in [0.1, 0.15) is 17.0 Å². The normalized spacial score (nSPS) is 10.5. The average molecular weight is 323 g/mol. The molecule has 3 nitrogen and oxygen atoms in total. The number of rotatable bonds is 4. The van der Waals surface area contributed by atoms with Crippen LogP contribution in [-0.2, 0) is 4.79 Å². The van der Waals surface area contributed by atoms with Gasteiger partial charge in [-0.2, -0.15) is 0 Å². The van der Waals surface area contributed by atoms with Gasteiger partial charge in [-0.3, -0.25) is 4.79 Å². The van der Waals surface area contributed by atoms with E-state index in [-0.39, 0.29) is 5.91 Å². The van der Waals surface area contributed by atoms with Crippen molar-refractivity contribution in [2.24, 2.45) is 0 Å². The summed E-state index contributed by atoms with van der Waals surface area (Å²) in [4.78, 5) is 16.9. The van der Waals surface area contributed by atoms with Crippen LogP contribution in [0.4, 0.5) is 5.82 Å². The van der Waals surface area contributed by atoms with Gasteiger partial charge in [-0.1, -0.05) is 78.3 Å². The standard InChI is InChI=1S/C19H15ClN2O/c20-16-12-7-13-17(21-16)22-19(23)18(14-8-3-1-4-9-14)15-10-5-2-6-11-15/h1-13,18H,(H,21,22,23). The molecular weight excluding hydrogens is 308 g/mol. The first kappa shape index (κ1) is 15.3. The summed E-state index contributed by atoms with van der Waals surface area (Å²) < 4.78 is 0. The van der Waals surface area contributed by atoms with Crippen molar-refractivity contribution < 1.29 is 4.79 Å². The Kier molecular flexibility index (Phi) is 4.69. The van der Waals surface area contributed by atoms with Gasteiger partial charge in [-0.05, 0) is 23.3 Å². The van der Waals surface area contributed by atoms with Crippen LogP contribution in [0.15, 0.2) is 78.9 Å². The number of benzene rings is 2. The molecule has 0 aliphatic carbocycles. The molecule has 2 aromatic carbocycles. The number of anilines is 1. The minimum Gasteiger partial charge on any atom is -0.310 e. The van der Waals surface area contributed by atoms with Crippen molar-refractivity contribution in [3.05, 3.63) is 95.1 Å². The third-order valence-corrected chi connectivity index (χ3v) is 3.70. The third-order valence-electron chi connectivity index (χ3n) is 3.49. The van der Waals surface area contributed by atoms with Gasteiger partial charge < -0.3 is 5.32 Å². The van der Waals surface area contributed by atoms with E-state index in [2.05, 4.69) is 10.3 Å². The Bertz CT molecular complexity index is 751. The molecule has 4 heteroatoms. The van der Waals surface area contributed by atoms with Crippen LogP contribution in [0, 0.1) is 0 Å². The van der Waals surface area contributed by atoms with Crippen LogP contribution < -0.4 is 5.32 Å². The predicted molar refractivity (Wildman–Crippen MR) is 92.6 cm³/mol. The van der Waals surface area contributed by atoms with Gasteiger partial charge in [-0.15, -0.1) is 0 Å². The number of pyridine rings is 1. The number of hydrogen-bond donors (Lipinski definition) is 1. The highest BCUT2D eigenvalue weighted by molar-refractivity contribution is 6.29. The SMILES string of the molecule is O=C(Nc1cccc(Cl)n1)C(c1ccccc1)c1ccccc1. The molecule has 0 aliphatic rings. The van der Waals surface area contributed by atoms with E-state index >= 15 is 0 Å². The number of nitrogens with one attached hydrogen (secondary N) is 1. The molecule has 0 spiro atoms. The highest BCUT2D eigenvalue weighted by Crippen LogP contribution is 2.26. The molecular formula is C19H15ClN2O. The Morgan fingerprint density at radius 2 is 1.39 bits per heavy atom. The zero-order valence-electron chi connectivity index (χ0n) is 12.3. The van der Waals surface area contributed by atoms with Gasteiger partial charge in [0.25, 0.3) is 0 Å². The Morgan fingerprint density at radius 1 is 0.826 bits per heavy atom. The van der Waals surface area contributed by atoms with Crippen LogP contribution in [0.3, 0.4) is 0 Å². The van der Waals surface area contributed by atoms with Gasteiger partial charge in [0.2, 0.25) is 5.91 Å². The Morgan fingerprint density at radius 3 is 1.91 bits per heavy atom. The average Bonchev–Trinajstić information content (AvgIpc) is 2.57. The van der Waals surface area contributed by atoms with Crippen LogP contribution >= 0.6 is 11.6 Å². The van der Waals surface area contributed by atoms with Crippen molar-refractivity contribution in [2.75, 3.05) is 5.32 Å². The second kappa shape index (κ2) is 7.07. The lowest BCUT2D eigenvalue weighted by Crippen LogP contribution is -2.22. The molecule has 0 aliphatic heterocycles. The van der Waals surface area contributed by atoms with Gasteiger partial charge in [0.05, 0.1) is 5.92 Å². The molecule has 1 amide bonds. The lowest BCUT2D eigenvalue weighted by atomic mass is 9.90. The predicted octanol–water partition coefficient (Wildman–Crippen LogP) is 4.51. The van der Waals surface area contributed by atoms with Gasteiger partial charge in [-0.25, -0.2) is 4.98 Å². The first-order valence-electron chi connectivity index (χ1n) is 7.27. The molecule has 1 N–H and O–H groups in total. The van der Waals surface area contributed by atoms with E-state index in [4.69, 9.17) is 11.6 Å². The maximum Gasteiger partial charge on any atom is 0.237 e. The number of halogens is 1. The largest absolute Gasteiger partial charge is 0.310 e. The summed E-state index contributed by atoms with van der Waals surface area (Å²) in [6.45, 7) is 0. The Labute approximate surface area is 140 Å². The minimum atomic E-state index is -0.404. The number of carbonyl (C=O) groups excluding carboxylic acids is 1. The van der Waals surface area contributed by atoms with Gasteiger partial charge in [0, 0.05) is 0 Å². The molecule has 3 rings (SSSR count). The second-order valence-corrected chi connectivity index (χ2v) is 5.48. The van der Waals surface area contributed by atoms with Crippen molar-refractivity contribution in [1.29, 1.82) is 0 Å². The topological polar surface area (TPSA) is 42.0 Å². The van der Waals surface area contributed by atoms with Crippen LogP contribution in [0.5, 0.6) is 0 Å². The van der Waals surface area contributed by atoms with Crippen molar-refractivity contribution in [3.8, 4) is 0 Å². The number of carbonyl (C=O) groups is 1. The van der Waals surface area contributed by atoms with E-state index in [1.165, 1.54) is 0 Å². The van der Waals surface area contributed by atoms with Crippen molar-refractivity contribution >= 4 is 23.3 Å². The molecule has 0 bridgehead atoms. The monoisotopic (exact) mass is 322 g/mol. The molecule has 3 aromatic rings. The molecule has 1 aromatic heterocycles. The molecule has 0 saturated carbocycles. The first-order valence-corrected chi connectivity index (χ1v) is 7.65. The molecule has 23 heavy (non-hydrogen) atoms. The summed E-state index contributed by atoms with van der Waals surface area (Å²) in [7, 11) is 0. The third kappa shape index (κ3) is 3.76. The van der Waals surface area contributed by atoms with E-state index in [9.17, 15) is 4.79 Å². The summed E-state index contributed by atoms with van der Waals surface area (Å²) in [6.07, 6.45) is 0. The molecule has 114 valence electrons. The number of hydrogen-bond acceptors (Lipinski definition) is 2. The summed E-state index contributed by atoms with van der Waals surface area (Å²) in [5, 5.41) is 3.19. The molecule has 0 atom stereocenters. The van der Waals surface area contributed by atoms with Gasteiger partial charge in [0.15, 0.2) is 0 Å². The fourth-order valence-corrected chi connectivity index (χ4v) is 2.63. The smallest absolute Gasteiger partial charge is 0.237 e. The zero-order valence-corrected chi connectivity index (χ0v) is 13.1. The highest BCUT2D eigenvalue weighted by Gasteiger charge is 2.22. The second-order valence-electron chi connectivity index (χ2n) is 5.09. The van der Waals surface area contributed by atoms with E-state index in [0.717, 1.165) is 11.1 Å². The lowest BCUT2D eigenvalue weighted by molar-refractivity contribution is -0.116. The van der Waals surface area contributed by atoms with Crippen molar-refractivity contribution in [2.45, 2.75) is 5.92 Å². The molecule has 0 fully saturated rings. The minimum absolute atomic E-state index is 0.142. The van der Waals surface area contributed by atoms with Crippen LogP contribution in [0.2, 0.25) is 5.15 Å². The van der Waals surface area contributed by atoms with E-state index in [1.807, 2.05) is 60.7 Å². The summed E-state index contributed by atoms with van der Waals surface area (Å²) >= 11 is 5.88. The van der Waals surface area contributed by atoms with Crippen molar-refractivity contribution in [1.82, 2.24) is 4.98 Å². The van der Waals surface area contributed by atoms with Gasteiger partial charge >= 0.3 is 0 Å². The lowest BCUT2D eigenvalue weighted by Gasteiger charge is -2.17. The highest BCUT2D eigenvalue weighted by atomic mass is 35.5. The Hall–Kier alpha value is -2.65. The first-order chi connectivity index (χ1) is 11.2. The molecule has 0 saturated heterocycles. The van der Waals surface area contributed by atoms with Crippen molar-refractivity contribution in [3.63, 3.8) is 0 Å². The van der Waals surface area contributed by atoms with Crippen LogP contribution in [0.25, 0.3) is 0 Å². The van der Waals surface area contributed by atoms with Crippen LogP contribution in [-0.4, -0.2) is 10.9 Å². The molecule has 0 radical (unpaired) electrons. The Balaban J connectivity index is 1.94. The quantitative estimate of drug-likeness (QED) is 0.718. The maximum atomic E-state index is 12.8. The number of aromatic nitrogens is 1. The maximum absolute atomic E-state index is 12.8. The molecule has 1 heterocycles. The number of amides is 1.